The number of benzene rings is 1. The van der Waals surface area contributed by atoms with Crippen molar-refractivity contribution in [3.8, 4) is 5.75 Å². The van der Waals surface area contributed by atoms with E-state index in [0.29, 0.717) is 18.0 Å². The molecule has 1 heterocycles. The molecule has 124 valence electrons. The number of nitrogens with one attached hydrogen (secondary N) is 2. The van der Waals surface area contributed by atoms with Gasteiger partial charge in [0.15, 0.2) is 0 Å². The Hall–Kier alpha value is -2.12. The molecule has 0 unspecified atom stereocenters. The summed E-state index contributed by atoms with van der Waals surface area (Å²) in [4.78, 5) is 15.6. The van der Waals surface area contributed by atoms with Crippen LogP contribution in [0.4, 0.5) is 10.5 Å². The molecule has 7 heteroatoms. The number of aromatic nitrogens is 1. The van der Waals surface area contributed by atoms with Crippen LogP contribution >= 0.6 is 15.9 Å². The molecule has 0 bridgehead atoms. The third-order valence-corrected chi connectivity index (χ3v) is 3.22. The summed E-state index contributed by atoms with van der Waals surface area (Å²) in [6.45, 7) is 6.18. The lowest BCUT2D eigenvalue weighted by Crippen LogP contribution is -2.34. The number of carbonyl (C=O) groups is 1. The molecular weight excluding hydrogens is 360 g/mol. The van der Waals surface area contributed by atoms with E-state index in [2.05, 4.69) is 26.2 Å². The van der Waals surface area contributed by atoms with E-state index in [9.17, 15) is 4.79 Å². The minimum absolute atomic E-state index is 0.311. The van der Waals surface area contributed by atoms with Gasteiger partial charge in [-0.3, -0.25) is 5.43 Å². The van der Waals surface area contributed by atoms with Crippen molar-refractivity contribution in [1.82, 2.24) is 10.4 Å². The number of pyridine rings is 1. The Bertz CT molecular complexity index is 650. The number of halogens is 1. The van der Waals surface area contributed by atoms with Gasteiger partial charge in [-0.2, -0.15) is 0 Å². The molecule has 1 aromatic carbocycles. The van der Waals surface area contributed by atoms with E-state index in [4.69, 9.17) is 10.6 Å². The number of rotatable bonds is 4. The quantitative estimate of drug-likeness (QED) is 0.326. The molecule has 0 aliphatic rings. The summed E-state index contributed by atoms with van der Waals surface area (Å²) in [5, 5.41) is 2.64. The molecule has 0 spiro atoms. The van der Waals surface area contributed by atoms with Gasteiger partial charge in [-0.25, -0.2) is 15.6 Å². The number of ether oxygens (including phenoxy) is 1. The maximum atomic E-state index is 11.3. The van der Waals surface area contributed by atoms with Gasteiger partial charge in [-0.1, -0.05) is 32.0 Å². The molecule has 0 aliphatic carbocycles. The Morgan fingerprint density at radius 2 is 1.96 bits per heavy atom. The maximum absolute atomic E-state index is 11.3. The van der Waals surface area contributed by atoms with Crippen LogP contribution in [0, 0.1) is 6.92 Å². The average Bonchev–Trinajstić information content (AvgIpc) is 2.57. The van der Waals surface area contributed by atoms with Gasteiger partial charge in [0.2, 0.25) is 0 Å². The highest BCUT2D eigenvalue weighted by Crippen LogP contribution is 2.22. The van der Waals surface area contributed by atoms with Gasteiger partial charge < -0.3 is 10.1 Å². The molecule has 1 aromatic heterocycles. The van der Waals surface area contributed by atoms with Gasteiger partial charge in [-0.05, 0) is 41.1 Å². The highest BCUT2D eigenvalue weighted by Gasteiger charge is 2.07. The molecule has 0 saturated heterocycles. The fourth-order valence-electron chi connectivity index (χ4n) is 1.75. The van der Waals surface area contributed by atoms with E-state index in [1.807, 2.05) is 56.5 Å². The largest absolute Gasteiger partial charge is 0.487 e. The second kappa shape index (κ2) is 9.81. The van der Waals surface area contributed by atoms with E-state index in [1.165, 1.54) is 0 Å². The first-order chi connectivity index (χ1) is 11.1. The third-order valence-electron chi connectivity index (χ3n) is 2.78. The van der Waals surface area contributed by atoms with Crippen LogP contribution in [0.25, 0.3) is 0 Å². The van der Waals surface area contributed by atoms with Gasteiger partial charge in [-0.15, -0.1) is 0 Å². The number of nitrogens with two attached hydrogens (primary N) is 1. The van der Waals surface area contributed by atoms with Crippen molar-refractivity contribution in [3.05, 3.63) is 52.3 Å². The zero-order valence-electron chi connectivity index (χ0n) is 13.4. The summed E-state index contributed by atoms with van der Waals surface area (Å²) in [7, 11) is 0. The van der Waals surface area contributed by atoms with Crippen LogP contribution in [0.3, 0.4) is 0 Å². The molecule has 0 radical (unpaired) electrons. The van der Waals surface area contributed by atoms with Crippen LogP contribution in [0.15, 0.2) is 41.0 Å². The van der Waals surface area contributed by atoms with E-state index >= 15 is 0 Å². The molecular formula is C16H21BrN4O2. The van der Waals surface area contributed by atoms with Gasteiger partial charge >= 0.3 is 6.03 Å². The fourth-order valence-corrected chi connectivity index (χ4v) is 2.15. The predicted octanol–water partition coefficient (Wildman–Crippen LogP) is 3.75. The van der Waals surface area contributed by atoms with Crippen molar-refractivity contribution in [2.24, 2.45) is 5.84 Å². The van der Waals surface area contributed by atoms with E-state index < -0.39 is 6.03 Å². The third kappa shape index (κ3) is 5.88. The number of nitrogens with zero attached hydrogens (tertiary/aromatic N) is 1. The fraction of sp³-hybridized carbons (Fsp3) is 0.250. The lowest BCUT2D eigenvalue weighted by atomic mass is 10.2. The number of carbonyl (C=O) groups excluding carboxylic acids is 1. The monoisotopic (exact) mass is 380 g/mol. The van der Waals surface area contributed by atoms with Crippen molar-refractivity contribution in [2.75, 3.05) is 5.32 Å². The van der Waals surface area contributed by atoms with Crippen molar-refractivity contribution >= 4 is 27.6 Å². The number of hydrazine groups is 1. The molecule has 4 N–H and O–H groups in total. The van der Waals surface area contributed by atoms with Crippen LogP contribution in [0.1, 0.15) is 25.1 Å². The number of amides is 2. The number of para-hydroxylation sites is 1. The SMILES string of the molecule is CC.Cc1nc(Br)ccc1OCc1ccccc1NC(=O)NN. The second-order valence-electron chi connectivity index (χ2n) is 4.26. The number of aryl methyl sites for hydroxylation is 1. The summed E-state index contributed by atoms with van der Waals surface area (Å²) in [6.07, 6.45) is 0. The van der Waals surface area contributed by atoms with Crippen LogP contribution < -0.4 is 21.3 Å². The highest BCUT2D eigenvalue weighted by atomic mass is 79.9. The molecule has 6 nitrogen and oxygen atoms in total. The van der Waals surface area contributed by atoms with E-state index in [-0.39, 0.29) is 0 Å². The first kappa shape index (κ1) is 18.9. The Morgan fingerprint density at radius 1 is 1.26 bits per heavy atom. The van der Waals surface area contributed by atoms with Gasteiger partial charge in [0.05, 0.1) is 5.69 Å². The molecule has 2 amide bonds. The summed E-state index contributed by atoms with van der Waals surface area (Å²) in [5.74, 6) is 5.75. The zero-order chi connectivity index (χ0) is 17.2. The Morgan fingerprint density at radius 3 is 2.61 bits per heavy atom. The first-order valence-electron chi connectivity index (χ1n) is 7.21. The Balaban J connectivity index is 0.00000127. The van der Waals surface area contributed by atoms with Crippen LogP contribution in [0.5, 0.6) is 5.75 Å². The van der Waals surface area contributed by atoms with Crippen LogP contribution in [-0.4, -0.2) is 11.0 Å². The summed E-state index contributed by atoms with van der Waals surface area (Å²) >= 11 is 3.31. The minimum atomic E-state index is -0.482. The van der Waals surface area contributed by atoms with E-state index in [0.717, 1.165) is 15.9 Å². The maximum Gasteiger partial charge on any atom is 0.333 e. The number of hydrogen-bond donors (Lipinski definition) is 3. The smallest absolute Gasteiger partial charge is 0.333 e. The topological polar surface area (TPSA) is 89.3 Å². The van der Waals surface area contributed by atoms with Crippen LogP contribution in [0.2, 0.25) is 0 Å². The van der Waals surface area contributed by atoms with E-state index in [1.54, 1.807) is 6.07 Å². The Kier molecular flexibility index (Phi) is 8.07. The molecule has 0 atom stereocenters. The second-order valence-corrected chi connectivity index (χ2v) is 5.07. The summed E-state index contributed by atoms with van der Waals surface area (Å²) in [6, 6.07) is 10.5. The summed E-state index contributed by atoms with van der Waals surface area (Å²) in [5.41, 5.74) is 4.29. The first-order valence-corrected chi connectivity index (χ1v) is 8.01. The molecule has 23 heavy (non-hydrogen) atoms. The number of anilines is 1. The number of hydrogen-bond acceptors (Lipinski definition) is 4. The van der Waals surface area contributed by atoms with Gasteiger partial charge in [0.25, 0.3) is 0 Å². The molecule has 0 saturated carbocycles. The van der Waals surface area contributed by atoms with Gasteiger partial charge in [0, 0.05) is 11.3 Å². The molecule has 0 fully saturated rings. The average molecular weight is 381 g/mol. The van der Waals surface area contributed by atoms with Crippen molar-refractivity contribution in [1.29, 1.82) is 0 Å². The minimum Gasteiger partial charge on any atom is -0.487 e. The molecule has 2 rings (SSSR count). The number of urea groups is 1. The highest BCUT2D eigenvalue weighted by molar-refractivity contribution is 9.10. The van der Waals surface area contributed by atoms with Crippen LogP contribution in [-0.2, 0) is 6.61 Å². The molecule has 2 aromatic rings. The van der Waals surface area contributed by atoms with Crippen molar-refractivity contribution < 1.29 is 9.53 Å². The normalized spacial score (nSPS) is 9.43. The van der Waals surface area contributed by atoms with Crippen molar-refractivity contribution in [3.63, 3.8) is 0 Å². The lowest BCUT2D eigenvalue weighted by Gasteiger charge is -2.13. The van der Waals surface area contributed by atoms with Gasteiger partial charge in [0.1, 0.15) is 17.0 Å². The standard InChI is InChI=1S/C14H15BrN4O2.C2H6/c1-9-12(6-7-13(15)17-9)21-8-10-4-2-3-5-11(10)18-14(20)19-16;1-2/h2-7H,8,16H2,1H3,(H2,18,19,20);1-2H3. The lowest BCUT2D eigenvalue weighted by molar-refractivity contribution is 0.252. The predicted molar refractivity (Wildman–Crippen MR) is 95.1 cm³/mol. The molecule has 0 aliphatic heterocycles. The zero-order valence-corrected chi connectivity index (χ0v) is 15.0. The van der Waals surface area contributed by atoms with Crippen molar-refractivity contribution in [2.45, 2.75) is 27.4 Å². The Labute approximate surface area is 144 Å². The summed E-state index contributed by atoms with van der Waals surface area (Å²) < 4.78 is 6.51.